The van der Waals surface area contributed by atoms with Crippen molar-refractivity contribution in [1.29, 1.82) is 5.41 Å². The average molecular weight is 129 g/mol. The van der Waals surface area contributed by atoms with Gasteiger partial charge in [0.15, 0.2) is 0 Å². The van der Waals surface area contributed by atoms with Gasteiger partial charge in [-0.05, 0) is 6.92 Å². The van der Waals surface area contributed by atoms with E-state index < -0.39 is 6.10 Å². The largest absolute Gasteiger partial charge is 0.385 e. The van der Waals surface area contributed by atoms with Gasteiger partial charge in [-0.2, -0.15) is 0 Å². The Morgan fingerprint density at radius 2 is 2.56 bits per heavy atom. The summed E-state index contributed by atoms with van der Waals surface area (Å²) in [4.78, 5) is 4.73. The van der Waals surface area contributed by atoms with Crippen LogP contribution in [0, 0.1) is 5.41 Å². The van der Waals surface area contributed by atoms with Crippen LogP contribution in [0.25, 0.3) is 0 Å². The van der Waals surface area contributed by atoms with E-state index in [2.05, 4.69) is 12.1 Å². The molecule has 0 saturated heterocycles. The second-order valence-corrected chi connectivity index (χ2v) is 1.54. The minimum absolute atomic E-state index is 0.00986. The van der Waals surface area contributed by atoms with E-state index in [4.69, 9.17) is 16.0 Å². The van der Waals surface area contributed by atoms with Gasteiger partial charge < -0.3 is 5.73 Å². The molecule has 0 rings (SSSR count). The molecule has 0 aliphatic carbocycles. The molecule has 9 heavy (non-hydrogen) atoms. The first-order chi connectivity index (χ1) is 4.18. The maximum Gasteiger partial charge on any atom is 0.139 e. The van der Waals surface area contributed by atoms with Crippen molar-refractivity contribution in [2.24, 2.45) is 5.73 Å². The second-order valence-electron chi connectivity index (χ2n) is 1.54. The first kappa shape index (κ1) is 7.97. The van der Waals surface area contributed by atoms with Gasteiger partial charge in [0.05, 0.1) is 0 Å². The minimum Gasteiger partial charge on any atom is -0.385 e. The Morgan fingerprint density at radius 1 is 2.00 bits per heavy atom. The lowest BCUT2D eigenvalue weighted by molar-refractivity contribution is 0.0475. The Balaban J connectivity index is 3.37. The standard InChI is InChI=1S/C5H11N3O/c1-3-8-9-4(2)5(6)7/h3-4,8H,1H2,2H3,(H3,6,7). The van der Waals surface area contributed by atoms with Gasteiger partial charge in [0.2, 0.25) is 0 Å². The third kappa shape index (κ3) is 3.54. The van der Waals surface area contributed by atoms with Crippen LogP contribution < -0.4 is 11.2 Å². The second kappa shape index (κ2) is 3.91. The van der Waals surface area contributed by atoms with Crippen LogP contribution in [0.2, 0.25) is 0 Å². The van der Waals surface area contributed by atoms with Crippen molar-refractivity contribution in [3.05, 3.63) is 12.8 Å². The highest BCUT2D eigenvalue weighted by atomic mass is 16.7. The highest BCUT2D eigenvalue weighted by Gasteiger charge is 2.02. The molecule has 0 heterocycles. The predicted molar refractivity (Wildman–Crippen MR) is 35.8 cm³/mol. The summed E-state index contributed by atoms with van der Waals surface area (Å²) in [7, 11) is 0. The molecule has 4 nitrogen and oxygen atoms in total. The first-order valence-corrected chi connectivity index (χ1v) is 2.54. The van der Waals surface area contributed by atoms with E-state index in [1.54, 1.807) is 6.92 Å². The summed E-state index contributed by atoms with van der Waals surface area (Å²) in [6, 6.07) is 0. The summed E-state index contributed by atoms with van der Waals surface area (Å²) < 4.78 is 0. The Morgan fingerprint density at radius 3 is 2.89 bits per heavy atom. The molecule has 0 aromatic rings. The summed E-state index contributed by atoms with van der Waals surface area (Å²) in [5, 5.41) is 6.86. The number of hydroxylamine groups is 1. The van der Waals surface area contributed by atoms with E-state index in [1.165, 1.54) is 6.20 Å². The summed E-state index contributed by atoms with van der Waals surface area (Å²) in [6.45, 7) is 5.01. The molecule has 0 aromatic heterocycles. The van der Waals surface area contributed by atoms with Crippen LogP contribution in [0.1, 0.15) is 6.92 Å². The molecule has 0 bridgehead atoms. The fraction of sp³-hybridized carbons (Fsp3) is 0.400. The lowest BCUT2D eigenvalue weighted by atomic mass is 10.4. The molecular formula is C5H11N3O. The van der Waals surface area contributed by atoms with Crippen molar-refractivity contribution in [3.8, 4) is 0 Å². The molecule has 52 valence electrons. The van der Waals surface area contributed by atoms with E-state index in [9.17, 15) is 0 Å². The maximum absolute atomic E-state index is 6.86. The van der Waals surface area contributed by atoms with Crippen LogP contribution in [0.4, 0.5) is 0 Å². The SMILES string of the molecule is C=CNOC(C)C(=N)N. The zero-order valence-corrected chi connectivity index (χ0v) is 5.35. The van der Waals surface area contributed by atoms with Crippen LogP contribution in [0.5, 0.6) is 0 Å². The van der Waals surface area contributed by atoms with E-state index in [-0.39, 0.29) is 5.84 Å². The Hall–Kier alpha value is -1.03. The predicted octanol–water partition coefficient (Wildman–Crippen LogP) is -0.0244. The third-order valence-corrected chi connectivity index (χ3v) is 0.766. The molecule has 1 unspecified atom stereocenters. The van der Waals surface area contributed by atoms with E-state index >= 15 is 0 Å². The van der Waals surface area contributed by atoms with Crippen LogP contribution >= 0.6 is 0 Å². The molecule has 0 aromatic carbocycles. The summed E-state index contributed by atoms with van der Waals surface area (Å²) >= 11 is 0. The molecule has 0 fully saturated rings. The highest BCUT2D eigenvalue weighted by molar-refractivity contribution is 5.81. The number of hydrogen-bond donors (Lipinski definition) is 3. The lowest BCUT2D eigenvalue weighted by Gasteiger charge is -2.08. The topological polar surface area (TPSA) is 71.1 Å². The number of rotatable bonds is 4. The van der Waals surface area contributed by atoms with Crippen LogP contribution in [0.3, 0.4) is 0 Å². The van der Waals surface area contributed by atoms with Crippen molar-refractivity contribution in [1.82, 2.24) is 5.48 Å². The van der Waals surface area contributed by atoms with E-state index in [1.807, 2.05) is 0 Å². The quantitative estimate of drug-likeness (QED) is 0.284. The van der Waals surface area contributed by atoms with Crippen molar-refractivity contribution < 1.29 is 4.84 Å². The fourth-order valence-corrected chi connectivity index (χ4v) is 0.214. The number of nitrogens with one attached hydrogen (secondary N) is 2. The van der Waals surface area contributed by atoms with Crippen LogP contribution in [-0.4, -0.2) is 11.9 Å². The molecular weight excluding hydrogens is 118 g/mol. The zero-order valence-electron chi connectivity index (χ0n) is 5.35. The normalized spacial score (nSPS) is 12.1. The zero-order chi connectivity index (χ0) is 7.28. The summed E-state index contributed by atoms with van der Waals surface area (Å²) in [5.74, 6) is -0.00986. The number of nitrogens with two attached hydrogens (primary N) is 1. The number of amidine groups is 1. The molecule has 0 amide bonds. The van der Waals surface area contributed by atoms with Gasteiger partial charge in [0.1, 0.15) is 11.9 Å². The van der Waals surface area contributed by atoms with Gasteiger partial charge in [-0.15, -0.1) is 0 Å². The van der Waals surface area contributed by atoms with Crippen LogP contribution in [-0.2, 0) is 4.84 Å². The van der Waals surface area contributed by atoms with Gasteiger partial charge in [-0.25, -0.2) is 0 Å². The minimum atomic E-state index is -0.400. The molecule has 4 heteroatoms. The Labute approximate surface area is 54.2 Å². The Bertz CT molecular complexity index is 113. The Kier molecular flexibility index (Phi) is 3.46. The number of hydrogen-bond acceptors (Lipinski definition) is 3. The van der Waals surface area contributed by atoms with E-state index in [0.29, 0.717) is 0 Å². The monoisotopic (exact) mass is 129 g/mol. The van der Waals surface area contributed by atoms with Gasteiger partial charge in [-0.3, -0.25) is 15.7 Å². The maximum atomic E-state index is 6.86. The van der Waals surface area contributed by atoms with Crippen molar-refractivity contribution >= 4 is 5.84 Å². The van der Waals surface area contributed by atoms with Crippen LogP contribution in [0.15, 0.2) is 12.8 Å². The molecule has 1 atom stereocenters. The smallest absolute Gasteiger partial charge is 0.139 e. The van der Waals surface area contributed by atoms with Gasteiger partial charge >= 0.3 is 0 Å². The molecule has 0 spiro atoms. The lowest BCUT2D eigenvalue weighted by Crippen LogP contribution is -2.30. The third-order valence-electron chi connectivity index (χ3n) is 0.766. The van der Waals surface area contributed by atoms with Crippen molar-refractivity contribution in [2.75, 3.05) is 0 Å². The van der Waals surface area contributed by atoms with E-state index in [0.717, 1.165) is 0 Å². The summed E-state index contributed by atoms with van der Waals surface area (Å²) in [6.07, 6.45) is 0.974. The van der Waals surface area contributed by atoms with Gasteiger partial charge in [0, 0.05) is 6.20 Å². The average Bonchev–Trinajstić information content (AvgIpc) is 1.82. The first-order valence-electron chi connectivity index (χ1n) is 2.54. The van der Waals surface area contributed by atoms with Crippen molar-refractivity contribution in [2.45, 2.75) is 13.0 Å². The molecule has 0 radical (unpaired) electrons. The molecule has 0 aliphatic heterocycles. The van der Waals surface area contributed by atoms with Gasteiger partial charge in [0.25, 0.3) is 0 Å². The molecule has 0 aliphatic rings. The highest BCUT2D eigenvalue weighted by Crippen LogP contribution is 1.83. The molecule has 0 saturated carbocycles. The van der Waals surface area contributed by atoms with Gasteiger partial charge in [-0.1, -0.05) is 6.58 Å². The summed E-state index contributed by atoms with van der Waals surface area (Å²) in [5.41, 5.74) is 7.43. The fourth-order valence-electron chi connectivity index (χ4n) is 0.214. The molecule has 4 N–H and O–H groups in total. The van der Waals surface area contributed by atoms with Crippen molar-refractivity contribution in [3.63, 3.8) is 0 Å².